The summed E-state index contributed by atoms with van der Waals surface area (Å²) >= 11 is 3.41. The van der Waals surface area contributed by atoms with E-state index in [2.05, 4.69) is 21.0 Å². The molecule has 0 aliphatic rings. The molecule has 0 aliphatic heterocycles. The van der Waals surface area contributed by atoms with Crippen molar-refractivity contribution in [1.29, 1.82) is 0 Å². The molecule has 3 rings (SSSR count). The molecule has 0 saturated heterocycles. The van der Waals surface area contributed by atoms with Crippen LogP contribution in [0.2, 0.25) is 0 Å². The fraction of sp³-hybridized carbons (Fsp3) is 0.136. The van der Waals surface area contributed by atoms with Crippen LogP contribution < -0.4 is 4.74 Å². The Kier molecular flexibility index (Phi) is 6.61. The largest absolute Gasteiger partial charge is 0.497 e. The first-order valence-electron chi connectivity index (χ1n) is 8.88. The Balaban J connectivity index is 1.88. The second-order valence-electron chi connectivity index (χ2n) is 6.27. The number of nitrogens with zero attached hydrogens (tertiary/aromatic N) is 2. The summed E-state index contributed by atoms with van der Waals surface area (Å²) in [5.41, 5.74) is 2.84. The number of aliphatic carboxylic acids is 1. The highest BCUT2D eigenvalue weighted by atomic mass is 79.9. The number of benzene rings is 2. The first kappa shape index (κ1) is 20.5. The Labute approximate surface area is 176 Å². The van der Waals surface area contributed by atoms with Crippen molar-refractivity contribution in [1.82, 2.24) is 9.78 Å². The highest BCUT2D eigenvalue weighted by molar-refractivity contribution is 9.10. The lowest BCUT2D eigenvalue weighted by molar-refractivity contribution is -0.137. The minimum absolute atomic E-state index is 0.0324. The van der Waals surface area contributed by atoms with E-state index in [1.807, 2.05) is 24.3 Å². The van der Waals surface area contributed by atoms with Gasteiger partial charge in [-0.05, 0) is 48.6 Å². The number of ketones is 1. The van der Waals surface area contributed by atoms with Gasteiger partial charge >= 0.3 is 5.97 Å². The van der Waals surface area contributed by atoms with E-state index < -0.39 is 5.97 Å². The molecule has 2 aromatic carbocycles. The molecule has 0 spiro atoms. The SMILES string of the molecule is COc1ccc(C(=O)/C=C\c2cn(CCC(=O)O)nc2-c2ccc(Br)cc2)cc1. The zero-order chi connectivity index (χ0) is 20.8. The minimum Gasteiger partial charge on any atom is -0.497 e. The van der Waals surface area contributed by atoms with Crippen molar-refractivity contribution >= 4 is 33.8 Å². The molecule has 1 N–H and O–H groups in total. The maximum atomic E-state index is 12.5. The van der Waals surface area contributed by atoms with E-state index in [1.54, 1.807) is 48.3 Å². The first-order chi connectivity index (χ1) is 14.0. The molecule has 0 bridgehead atoms. The van der Waals surface area contributed by atoms with E-state index in [-0.39, 0.29) is 18.7 Å². The third-order valence-corrected chi connectivity index (χ3v) is 4.78. The molecule has 7 heteroatoms. The number of hydrogen-bond acceptors (Lipinski definition) is 4. The Morgan fingerprint density at radius 2 is 1.83 bits per heavy atom. The standard InChI is InChI=1S/C22H19BrN2O4/c1-29-19-9-4-15(5-10-19)20(26)11-6-17-14-25(13-12-21(27)28)24-22(17)16-2-7-18(23)8-3-16/h2-11,14H,12-13H2,1H3,(H,27,28)/b11-6-. The Hall–Kier alpha value is -3.19. The minimum atomic E-state index is -0.891. The number of carbonyl (C=O) groups is 2. The van der Waals surface area contributed by atoms with Crippen molar-refractivity contribution in [2.75, 3.05) is 7.11 Å². The van der Waals surface area contributed by atoms with Gasteiger partial charge in [0.25, 0.3) is 0 Å². The predicted molar refractivity (Wildman–Crippen MR) is 114 cm³/mol. The molecule has 1 heterocycles. The number of carbonyl (C=O) groups excluding carboxylic acids is 1. The summed E-state index contributed by atoms with van der Waals surface area (Å²) in [6.07, 6.45) is 4.91. The maximum absolute atomic E-state index is 12.5. The molecule has 0 atom stereocenters. The summed E-state index contributed by atoms with van der Waals surface area (Å²) in [6.45, 7) is 0.249. The molecule has 29 heavy (non-hydrogen) atoms. The van der Waals surface area contributed by atoms with Crippen LogP contribution in [-0.2, 0) is 11.3 Å². The average Bonchev–Trinajstić information content (AvgIpc) is 3.14. The lowest BCUT2D eigenvalue weighted by Gasteiger charge is -2.01. The quantitative estimate of drug-likeness (QED) is 0.394. The molecule has 0 saturated carbocycles. The van der Waals surface area contributed by atoms with Crippen LogP contribution in [0.4, 0.5) is 0 Å². The Morgan fingerprint density at radius 1 is 1.14 bits per heavy atom. The number of allylic oxidation sites excluding steroid dienone is 1. The average molecular weight is 455 g/mol. The lowest BCUT2D eigenvalue weighted by Crippen LogP contribution is -2.04. The van der Waals surface area contributed by atoms with Crippen molar-refractivity contribution in [3.63, 3.8) is 0 Å². The Morgan fingerprint density at radius 3 is 2.45 bits per heavy atom. The molecule has 0 unspecified atom stereocenters. The van der Waals surface area contributed by atoms with Gasteiger partial charge in [-0.2, -0.15) is 5.10 Å². The van der Waals surface area contributed by atoms with Crippen molar-refractivity contribution in [3.05, 3.63) is 76.4 Å². The van der Waals surface area contributed by atoms with Gasteiger partial charge in [0.2, 0.25) is 0 Å². The third kappa shape index (κ3) is 5.42. The van der Waals surface area contributed by atoms with Crippen LogP contribution >= 0.6 is 15.9 Å². The van der Waals surface area contributed by atoms with E-state index >= 15 is 0 Å². The van der Waals surface area contributed by atoms with Gasteiger partial charge in [0.05, 0.1) is 25.8 Å². The highest BCUT2D eigenvalue weighted by Gasteiger charge is 2.11. The van der Waals surface area contributed by atoms with Crippen molar-refractivity contribution in [2.45, 2.75) is 13.0 Å². The number of carboxylic acid groups (broad SMARTS) is 1. The number of carboxylic acids is 1. The molecule has 1 aromatic heterocycles. The van der Waals surface area contributed by atoms with Crippen molar-refractivity contribution in [2.24, 2.45) is 0 Å². The second kappa shape index (κ2) is 9.34. The van der Waals surface area contributed by atoms with Gasteiger partial charge in [-0.1, -0.05) is 28.1 Å². The molecule has 0 amide bonds. The topological polar surface area (TPSA) is 81.4 Å². The predicted octanol–water partition coefficient (Wildman–Crippen LogP) is 4.69. The second-order valence-corrected chi connectivity index (χ2v) is 7.19. The van der Waals surface area contributed by atoms with Crippen LogP contribution in [0.1, 0.15) is 22.3 Å². The third-order valence-electron chi connectivity index (χ3n) is 4.25. The normalized spacial score (nSPS) is 11.0. The van der Waals surface area contributed by atoms with Gasteiger partial charge in [0.15, 0.2) is 5.78 Å². The van der Waals surface area contributed by atoms with Gasteiger partial charge in [0, 0.05) is 27.4 Å². The fourth-order valence-electron chi connectivity index (χ4n) is 2.73. The van der Waals surface area contributed by atoms with E-state index in [4.69, 9.17) is 9.84 Å². The van der Waals surface area contributed by atoms with Crippen molar-refractivity contribution in [3.8, 4) is 17.0 Å². The van der Waals surface area contributed by atoms with E-state index in [9.17, 15) is 9.59 Å². The van der Waals surface area contributed by atoms with Crippen LogP contribution in [0.3, 0.4) is 0 Å². The number of aromatic nitrogens is 2. The number of hydrogen-bond donors (Lipinski definition) is 1. The van der Waals surface area contributed by atoms with E-state index in [1.165, 1.54) is 6.08 Å². The van der Waals surface area contributed by atoms with Crippen molar-refractivity contribution < 1.29 is 19.4 Å². The number of aryl methyl sites for hydroxylation is 1. The zero-order valence-electron chi connectivity index (χ0n) is 15.7. The molecule has 0 aliphatic carbocycles. The first-order valence-corrected chi connectivity index (χ1v) is 9.67. The highest BCUT2D eigenvalue weighted by Crippen LogP contribution is 2.25. The van der Waals surface area contributed by atoms with Crippen LogP contribution in [0, 0.1) is 0 Å². The summed E-state index contributed by atoms with van der Waals surface area (Å²) in [5, 5.41) is 13.4. The van der Waals surface area contributed by atoms with Crippen LogP contribution in [0.5, 0.6) is 5.75 Å². The fourth-order valence-corrected chi connectivity index (χ4v) is 3.00. The van der Waals surface area contributed by atoms with Gasteiger partial charge < -0.3 is 9.84 Å². The summed E-state index contributed by atoms with van der Waals surface area (Å²) in [4.78, 5) is 23.4. The number of rotatable bonds is 8. The van der Waals surface area contributed by atoms with Crippen LogP contribution in [0.15, 0.2) is 65.3 Å². The molecule has 148 valence electrons. The Bertz CT molecular complexity index is 1040. The van der Waals surface area contributed by atoms with Gasteiger partial charge in [0.1, 0.15) is 5.75 Å². The molecule has 3 aromatic rings. The summed E-state index contributed by atoms with van der Waals surface area (Å²) in [7, 11) is 1.57. The number of methoxy groups -OCH3 is 1. The smallest absolute Gasteiger partial charge is 0.305 e. The number of halogens is 1. The van der Waals surface area contributed by atoms with Gasteiger partial charge in [-0.15, -0.1) is 0 Å². The lowest BCUT2D eigenvalue weighted by atomic mass is 10.1. The molecule has 0 fully saturated rings. The molecule has 6 nitrogen and oxygen atoms in total. The summed E-state index contributed by atoms with van der Waals surface area (Å²) < 4.78 is 7.64. The maximum Gasteiger partial charge on any atom is 0.305 e. The summed E-state index contributed by atoms with van der Waals surface area (Å²) in [6, 6.07) is 14.5. The summed E-state index contributed by atoms with van der Waals surface area (Å²) in [5.74, 6) is -0.354. The molecular weight excluding hydrogens is 436 g/mol. The monoisotopic (exact) mass is 454 g/mol. The van der Waals surface area contributed by atoms with Gasteiger partial charge in [-0.25, -0.2) is 0 Å². The zero-order valence-corrected chi connectivity index (χ0v) is 17.3. The van der Waals surface area contributed by atoms with Gasteiger partial charge in [-0.3, -0.25) is 14.3 Å². The molecule has 0 radical (unpaired) electrons. The van der Waals surface area contributed by atoms with Crippen LogP contribution in [-0.4, -0.2) is 33.7 Å². The molecular formula is C22H19BrN2O4. The van der Waals surface area contributed by atoms with E-state index in [0.717, 1.165) is 15.6 Å². The van der Waals surface area contributed by atoms with E-state index in [0.29, 0.717) is 17.0 Å². The van der Waals surface area contributed by atoms with Crippen LogP contribution in [0.25, 0.3) is 17.3 Å². The number of ether oxygens (including phenoxy) is 1.